The number of aromatic hydroxyl groups is 1. The molecule has 7 nitrogen and oxygen atoms in total. The number of pyridine rings is 1. The predicted octanol–water partition coefficient (Wildman–Crippen LogP) is 0.794. The summed E-state index contributed by atoms with van der Waals surface area (Å²) in [5.41, 5.74) is 0. The van der Waals surface area contributed by atoms with Crippen LogP contribution in [0.25, 0.3) is 0 Å². The highest BCUT2D eigenvalue weighted by Crippen LogP contribution is 2.23. The molecule has 0 saturated carbocycles. The average molecular weight is 312 g/mol. The van der Waals surface area contributed by atoms with Gasteiger partial charge in [0.2, 0.25) is 11.8 Å². The summed E-state index contributed by atoms with van der Waals surface area (Å²) in [6.07, 6.45) is 3.56. The molecule has 0 aromatic carbocycles. The van der Waals surface area contributed by atoms with Crippen LogP contribution in [0, 0.1) is 0 Å². The lowest BCUT2D eigenvalue weighted by atomic mass is 10.3. The Balaban J connectivity index is 1.91. The molecule has 112 valence electrons. The second-order valence-corrected chi connectivity index (χ2v) is 4.72. The van der Waals surface area contributed by atoms with Gasteiger partial charge in [0.05, 0.1) is 18.2 Å². The second kappa shape index (κ2) is 7.05. The quantitative estimate of drug-likeness (QED) is 0.805. The molecular weight excluding hydrogens is 298 g/mol. The van der Waals surface area contributed by atoms with Crippen LogP contribution in [-0.4, -0.2) is 53.1 Å². The zero-order valence-electron chi connectivity index (χ0n) is 11.1. The van der Waals surface area contributed by atoms with Crippen LogP contribution < -0.4 is 5.32 Å². The summed E-state index contributed by atoms with van der Waals surface area (Å²) in [5.74, 6) is -1.10. The molecule has 2 amide bonds. The van der Waals surface area contributed by atoms with Gasteiger partial charge >= 0.3 is 0 Å². The van der Waals surface area contributed by atoms with E-state index in [1.807, 2.05) is 0 Å². The number of carbonyl (C=O) groups is 2. The van der Waals surface area contributed by atoms with Crippen molar-refractivity contribution in [1.29, 1.82) is 0 Å². The van der Waals surface area contributed by atoms with Gasteiger partial charge in [-0.1, -0.05) is 11.6 Å². The number of aromatic nitrogens is 1. The van der Waals surface area contributed by atoms with Crippen LogP contribution in [0.15, 0.2) is 24.4 Å². The van der Waals surface area contributed by atoms with Crippen molar-refractivity contribution in [2.75, 3.05) is 31.6 Å². The number of nitrogens with zero attached hydrogens (tertiary/aromatic N) is 2. The number of halogens is 1. The number of anilines is 1. The van der Waals surface area contributed by atoms with Gasteiger partial charge in [-0.2, -0.15) is 0 Å². The SMILES string of the molecule is O=C(/C=C/C(=O)N1CCOCC1)Nc1ncc(Cl)cc1O. The Bertz CT molecular complexity index is 571. The van der Waals surface area contributed by atoms with Crippen LogP contribution in [0.3, 0.4) is 0 Å². The van der Waals surface area contributed by atoms with Crippen molar-refractivity contribution in [2.45, 2.75) is 0 Å². The first-order chi connectivity index (χ1) is 10.1. The average Bonchev–Trinajstić information content (AvgIpc) is 2.48. The molecule has 0 spiro atoms. The summed E-state index contributed by atoms with van der Waals surface area (Å²) in [7, 11) is 0. The van der Waals surface area contributed by atoms with Gasteiger partial charge in [0.25, 0.3) is 0 Å². The molecule has 0 bridgehead atoms. The van der Waals surface area contributed by atoms with Crippen LogP contribution >= 0.6 is 11.6 Å². The molecule has 1 aliphatic rings. The van der Waals surface area contributed by atoms with Crippen LogP contribution in [0.2, 0.25) is 5.02 Å². The maximum Gasteiger partial charge on any atom is 0.249 e. The lowest BCUT2D eigenvalue weighted by Crippen LogP contribution is -2.39. The lowest BCUT2D eigenvalue weighted by Gasteiger charge is -2.25. The molecule has 0 atom stereocenters. The number of amides is 2. The Morgan fingerprint density at radius 3 is 2.76 bits per heavy atom. The van der Waals surface area contributed by atoms with Crippen LogP contribution in [-0.2, 0) is 14.3 Å². The number of morpholine rings is 1. The number of hydrogen-bond acceptors (Lipinski definition) is 5. The van der Waals surface area contributed by atoms with E-state index in [0.29, 0.717) is 26.3 Å². The fourth-order valence-electron chi connectivity index (χ4n) is 1.72. The van der Waals surface area contributed by atoms with E-state index < -0.39 is 5.91 Å². The van der Waals surface area contributed by atoms with Crippen molar-refractivity contribution >= 4 is 29.2 Å². The Hall–Kier alpha value is -2.12. The summed E-state index contributed by atoms with van der Waals surface area (Å²) < 4.78 is 5.13. The Morgan fingerprint density at radius 2 is 2.10 bits per heavy atom. The van der Waals surface area contributed by atoms with Crippen molar-refractivity contribution in [3.05, 3.63) is 29.4 Å². The standard InChI is InChI=1S/C13H14ClN3O4/c14-9-7-10(18)13(15-8-9)16-11(19)1-2-12(20)17-3-5-21-6-4-17/h1-2,7-8,18H,3-6H2,(H,15,16,19)/b2-1+. The molecule has 2 N–H and O–H groups in total. The van der Waals surface area contributed by atoms with E-state index in [4.69, 9.17) is 16.3 Å². The third-order valence-corrected chi connectivity index (χ3v) is 2.98. The van der Waals surface area contributed by atoms with Crippen molar-refractivity contribution < 1.29 is 19.4 Å². The molecule has 0 aliphatic carbocycles. The maximum absolute atomic E-state index is 11.8. The highest BCUT2D eigenvalue weighted by molar-refractivity contribution is 6.30. The predicted molar refractivity (Wildman–Crippen MR) is 76.1 cm³/mol. The van der Waals surface area contributed by atoms with Gasteiger partial charge in [-0.25, -0.2) is 4.98 Å². The van der Waals surface area contributed by atoms with Crippen molar-refractivity contribution in [3.63, 3.8) is 0 Å². The second-order valence-electron chi connectivity index (χ2n) is 4.28. The summed E-state index contributed by atoms with van der Waals surface area (Å²) in [6.45, 7) is 2.00. The monoisotopic (exact) mass is 311 g/mol. The van der Waals surface area contributed by atoms with Crippen molar-refractivity contribution in [2.24, 2.45) is 0 Å². The van der Waals surface area contributed by atoms with Gasteiger partial charge in [-0.3, -0.25) is 9.59 Å². The summed E-state index contributed by atoms with van der Waals surface area (Å²) in [5, 5.41) is 12.2. The third kappa shape index (κ3) is 4.44. The lowest BCUT2D eigenvalue weighted by molar-refractivity contribution is -0.130. The van der Waals surface area contributed by atoms with Gasteiger partial charge in [-0.15, -0.1) is 0 Å². The largest absolute Gasteiger partial charge is 0.504 e. The van der Waals surface area contributed by atoms with E-state index in [9.17, 15) is 14.7 Å². The third-order valence-electron chi connectivity index (χ3n) is 2.78. The van der Waals surface area contributed by atoms with Gasteiger partial charge in [0, 0.05) is 37.5 Å². The van der Waals surface area contributed by atoms with E-state index in [1.54, 1.807) is 4.90 Å². The molecule has 1 saturated heterocycles. The molecule has 1 aromatic rings. The van der Waals surface area contributed by atoms with E-state index >= 15 is 0 Å². The molecule has 2 heterocycles. The molecule has 0 radical (unpaired) electrons. The smallest absolute Gasteiger partial charge is 0.249 e. The van der Waals surface area contributed by atoms with E-state index in [1.165, 1.54) is 18.3 Å². The number of hydrogen-bond donors (Lipinski definition) is 2. The number of carbonyl (C=O) groups excluding carboxylic acids is 2. The van der Waals surface area contributed by atoms with Gasteiger partial charge in [0.1, 0.15) is 0 Å². The topological polar surface area (TPSA) is 91.8 Å². The zero-order chi connectivity index (χ0) is 15.2. The number of rotatable bonds is 3. The molecule has 8 heteroatoms. The normalized spacial score (nSPS) is 15.2. The van der Waals surface area contributed by atoms with E-state index in [2.05, 4.69) is 10.3 Å². The molecule has 1 aliphatic heterocycles. The Kier molecular flexibility index (Phi) is 5.13. The summed E-state index contributed by atoms with van der Waals surface area (Å²) in [4.78, 5) is 28.8. The van der Waals surface area contributed by atoms with Crippen molar-refractivity contribution in [1.82, 2.24) is 9.88 Å². The fraction of sp³-hybridized carbons (Fsp3) is 0.308. The minimum absolute atomic E-state index is 0.0205. The van der Waals surface area contributed by atoms with Gasteiger partial charge < -0.3 is 20.1 Å². The van der Waals surface area contributed by atoms with Crippen LogP contribution in [0.1, 0.15) is 0 Å². The highest BCUT2D eigenvalue weighted by atomic mass is 35.5. The van der Waals surface area contributed by atoms with Crippen LogP contribution in [0.5, 0.6) is 5.75 Å². The molecule has 2 rings (SSSR count). The minimum atomic E-state index is -0.568. The van der Waals surface area contributed by atoms with Gasteiger partial charge in [-0.05, 0) is 0 Å². The summed E-state index contributed by atoms with van der Waals surface area (Å²) >= 11 is 5.63. The molecular formula is C13H14ClN3O4. The van der Waals surface area contributed by atoms with Gasteiger partial charge in [0.15, 0.2) is 11.6 Å². The maximum atomic E-state index is 11.8. The molecule has 1 fully saturated rings. The van der Waals surface area contributed by atoms with E-state index in [-0.39, 0.29) is 22.5 Å². The summed E-state index contributed by atoms with van der Waals surface area (Å²) in [6, 6.07) is 1.26. The number of ether oxygens (including phenoxy) is 1. The number of nitrogens with one attached hydrogen (secondary N) is 1. The Labute approximate surface area is 126 Å². The molecule has 0 unspecified atom stereocenters. The van der Waals surface area contributed by atoms with Crippen LogP contribution in [0.4, 0.5) is 5.82 Å². The first kappa shape index (κ1) is 15.3. The zero-order valence-corrected chi connectivity index (χ0v) is 11.8. The van der Waals surface area contributed by atoms with Crippen molar-refractivity contribution in [3.8, 4) is 5.75 Å². The first-order valence-corrected chi connectivity index (χ1v) is 6.64. The highest BCUT2D eigenvalue weighted by Gasteiger charge is 2.14. The minimum Gasteiger partial charge on any atom is -0.504 e. The Morgan fingerprint density at radius 1 is 1.38 bits per heavy atom. The fourth-order valence-corrected chi connectivity index (χ4v) is 1.87. The van der Waals surface area contributed by atoms with E-state index in [0.717, 1.165) is 6.08 Å². The molecule has 21 heavy (non-hydrogen) atoms. The first-order valence-electron chi connectivity index (χ1n) is 6.26. The molecule has 1 aromatic heterocycles.